The lowest BCUT2D eigenvalue weighted by Crippen LogP contribution is -2.56. The zero-order valence-electron chi connectivity index (χ0n) is 16.3. The Morgan fingerprint density at radius 1 is 1.07 bits per heavy atom. The molecule has 0 aliphatic carbocycles. The Morgan fingerprint density at radius 3 is 2.20 bits per heavy atom. The van der Waals surface area contributed by atoms with Gasteiger partial charge in [-0.3, -0.25) is 10.0 Å². The molecule has 2 saturated heterocycles. The van der Waals surface area contributed by atoms with Crippen LogP contribution in [0, 0.1) is 5.41 Å². The molecule has 0 unspecified atom stereocenters. The Labute approximate surface area is 180 Å². The first-order valence-electron chi connectivity index (χ1n) is 9.58. The number of para-hydroxylation sites is 1. The van der Waals surface area contributed by atoms with Gasteiger partial charge in [-0.05, 0) is 25.0 Å². The van der Waals surface area contributed by atoms with Crippen molar-refractivity contribution in [2.45, 2.75) is 12.8 Å². The minimum Gasteiger partial charge on any atom is -0.465 e. The molecule has 0 atom stereocenters. The van der Waals surface area contributed by atoms with Gasteiger partial charge in [0.2, 0.25) is 10.0 Å². The number of carboxylic acid groups (broad SMARTS) is 1. The van der Waals surface area contributed by atoms with Crippen LogP contribution in [0.5, 0.6) is 0 Å². The molecule has 3 rings (SSSR count). The number of halogens is 1. The Kier molecular flexibility index (Phi) is 6.75. The summed E-state index contributed by atoms with van der Waals surface area (Å²) >= 11 is 6.23. The van der Waals surface area contributed by atoms with E-state index in [0.717, 1.165) is 10.6 Å². The zero-order valence-corrected chi connectivity index (χ0v) is 17.9. The molecule has 1 aromatic carbocycles. The van der Waals surface area contributed by atoms with E-state index in [4.69, 9.17) is 21.9 Å². The molecule has 30 heavy (non-hydrogen) atoms. The number of hydroxylamine groups is 1. The molecule has 0 saturated carbocycles. The summed E-state index contributed by atoms with van der Waals surface area (Å²) in [6.07, 6.45) is -1.08. The van der Waals surface area contributed by atoms with Crippen molar-refractivity contribution in [1.29, 1.82) is 0 Å². The second kappa shape index (κ2) is 8.96. The second-order valence-electron chi connectivity index (χ2n) is 7.58. The quantitative estimate of drug-likeness (QED) is 0.442. The number of nitrogens with one attached hydrogen (secondary N) is 1. The molecule has 0 bridgehead atoms. The molecular weight excluding hydrogens is 436 g/mol. The minimum absolute atomic E-state index is 0.0184. The number of amides is 2. The molecular formula is C18H25ClN4O6S. The molecule has 2 aliphatic heterocycles. The van der Waals surface area contributed by atoms with E-state index >= 15 is 0 Å². The number of anilines is 1. The van der Waals surface area contributed by atoms with E-state index in [1.165, 1.54) is 4.31 Å². The van der Waals surface area contributed by atoms with Gasteiger partial charge in [-0.1, -0.05) is 23.7 Å². The number of carbonyl (C=O) groups excluding carboxylic acids is 1. The third-order valence-electron chi connectivity index (χ3n) is 5.86. The summed E-state index contributed by atoms with van der Waals surface area (Å²) < 4.78 is 27.5. The number of piperazine rings is 1. The topological polar surface area (TPSA) is 130 Å². The smallest absolute Gasteiger partial charge is 0.407 e. The van der Waals surface area contributed by atoms with Crippen molar-refractivity contribution >= 4 is 39.3 Å². The number of rotatable bonds is 5. The predicted molar refractivity (Wildman–Crippen MR) is 110 cm³/mol. The first-order valence-corrected chi connectivity index (χ1v) is 11.6. The summed E-state index contributed by atoms with van der Waals surface area (Å²) in [4.78, 5) is 26.7. The number of hydrogen-bond donors (Lipinski definition) is 3. The van der Waals surface area contributed by atoms with Crippen molar-refractivity contribution in [3.63, 3.8) is 0 Å². The van der Waals surface area contributed by atoms with Crippen LogP contribution in [0.2, 0.25) is 5.02 Å². The van der Waals surface area contributed by atoms with Gasteiger partial charge >= 0.3 is 6.09 Å². The second-order valence-corrected chi connectivity index (χ2v) is 9.96. The highest BCUT2D eigenvalue weighted by molar-refractivity contribution is 7.89. The van der Waals surface area contributed by atoms with Crippen LogP contribution in [0.3, 0.4) is 0 Å². The highest BCUT2D eigenvalue weighted by Gasteiger charge is 2.47. The normalized spacial score (nSPS) is 20.1. The Balaban J connectivity index is 1.69. The van der Waals surface area contributed by atoms with Crippen molar-refractivity contribution in [2.75, 3.05) is 49.9 Å². The summed E-state index contributed by atoms with van der Waals surface area (Å²) in [5, 5.41) is 18.9. The van der Waals surface area contributed by atoms with Crippen LogP contribution in [0.4, 0.5) is 10.5 Å². The highest BCUT2D eigenvalue weighted by Crippen LogP contribution is 2.35. The number of benzene rings is 1. The molecule has 0 spiro atoms. The zero-order chi connectivity index (χ0) is 21.9. The number of nitrogens with zero attached hydrogens (tertiary/aromatic N) is 3. The van der Waals surface area contributed by atoms with Crippen molar-refractivity contribution in [2.24, 2.45) is 5.41 Å². The summed E-state index contributed by atoms with van der Waals surface area (Å²) in [5.74, 6) is -1.28. The lowest BCUT2D eigenvalue weighted by atomic mass is 9.79. The summed E-state index contributed by atoms with van der Waals surface area (Å²) in [6, 6.07) is 7.35. The third-order valence-corrected chi connectivity index (χ3v) is 8.25. The average molecular weight is 461 g/mol. The number of carbonyl (C=O) groups is 2. The standard InChI is InChI=1S/C18H25ClN4O6S/c19-14-3-1-2-4-15(14)21-9-11-23(12-10-21)30(28,29)13-18(16(24)20-27)5-7-22(8-6-18)17(25)26/h1-4,27H,5-13H2,(H,20,24)(H,25,26). The summed E-state index contributed by atoms with van der Waals surface area (Å²) in [6.45, 7) is 1.44. The lowest BCUT2D eigenvalue weighted by molar-refractivity contribution is -0.141. The van der Waals surface area contributed by atoms with E-state index in [0.29, 0.717) is 18.1 Å². The number of piperidine rings is 1. The fraction of sp³-hybridized carbons (Fsp3) is 0.556. The molecule has 12 heteroatoms. The molecule has 0 radical (unpaired) electrons. The fourth-order valence-corrected chi connectivity index (χ4v) is 6.31. The van der Waals surface area contributed by atoms with E-state index in [1.807, 2.05) is 23.1 Å². The Hall–Kier alpha value is -2.08. The first-order chi connectivity index (χ1) is 14.2. The van der Waals surface area contributed by atoms with E-state index in [1.54, 1.807) is 11.5 Å². The van der Waals surface area contributed by atoms with Crippen LogP contribution < -0.4 is 10.4 Å². The Bertz CT molecular complexity index is 896. The molecule has 166 valence electrons. The molecule has 2 amide bonds. The highest BCUT2D eigenvalue weighted by atomic mass is 35.5. The van der Waals surface area contributed by atoms with Crippen LogP contribution in [0.1, 0.15) is 12.8 Å². The third kappa shape index (κ3) is 4.64. The van der Waals surface area contributed by atoms with Gasteiger partial charge in [-0.2, -0.15) is 4.31 Å². The van der Waals surface area contributed by atoms with E-state index in [9.17, 15) is 18.0 Å². The monoisotopic (exact) mass is 460 g/mol. The summed E-state index contributed by atoms with van der Waals surface area (Å²) in [5.41, 5.74) is 1.03. The first kappa shape index (κ1) is 22.6. The maximum absolute atomic E-state index is 13.1. The number of likely N-dealkylation sites (tertiary alicyclic amines) is 1. The van der Waals surface area contributed by atoms with Crippen LogP contribution in [0.25, 0.3) is 0 Å². The van der Waals surface area contributed by atoms with E-state index < -0.39 is 33.2 Å². The van der Waals surface area contributed by atoms with Crippen molar-refractivity contribution in [1.82, 2.24) is 14.7 Å². The molecule has 10 nitrogen and oxygen atoms in total. The molecule has 2 fully saturated rings. The maximum Gasteiger partial charge on any atom is 0.407 e. The number of hydrogen-bond acceptors (Lipinski definition) is 6. The van der Waals surface area contributed by atoms with Gasteiger partial charge < -0.3 is 14.9 Å². The van der Waals surface area contributed by atoms with Crippen molar-refractivity contribution in [3.8, 4) is 0 Å². The molecule has 3 N–H and O–H groups in total. The Morgan fingerprint density at radius 2 is 1.67 bits per heavy atom. The predicted octanol–water partition coefficient (Wildman–Crippen LogP) is 1.06. The van der Waals surface area contributed by atoms with Crippen molar-refractivity contribution in [3.05, 3.63) is 29.3 Å². The van der Waals surface area contributed by atoms with Gasteiger partial charge in [0.15, 0.2) is 0 Å². The van der Waals surface area contributed by atoms with Gasteiger partial charge in [0.05, 0.1) is 21.9 Å². The van der Waals surface area contributed by atoms with Gasteiger partial charge in [-0.25, -0.2) is 18.7 Å². The van der Waals surface area contributed by atoms with Gasteiger partial charge in [0, 0.05) is 39.3 Å². The lowest BCUT2D eigenvalue weighted by Gasteiger charge is -2.41. The minimum atomic E-state index is -3.81. The van der Waals surface area contributed by atoms with E-state index in [2.05, 4.69) is 0 Å². The van der Waals surface area contributed by atoms with Crippen LogP contribution in [-0.2, 0) is 14.8 Å². The maximum atomic E-state index is 13.1. The molecule has 2 heterocycles. The average Bonchev–Trinajstić information content (AvgIpc) is 2.73. The molecule has 2 aliphatic rings. The number of sulfonamides is 1. The van der Waals surface area contributed by atoms with Crippen LogP contribution in [-0.4, -0.2) is 85.0 Å². The SMILES string of the molecule is O=C(O)N1CCC(CS(=O)(=O)N2CCN(c3ccccc3Cl)CC2)(C(=O)NO)CC1. The van der Waals surface area contributed by atoms with Gasteiger partial charge in [0.1, 0.15) is 0 Å². The molecule has 1 aromatic rings. The molecule has 0 aromatic heterocycles. The van der Waals surface area contributed by atoms with Crippen LogP contribution >= 0.6 is 11.6 Å². The van der Waals surface area contributed by atoms with E-state index in [-0.39, 0.29) is 39.0 Å². The fourth-order valence-electron chi connectivity index (χ4n) is 4.04. The largest absolute Gasteiger partial charge is 0.465 e. The van der Waals surface area contributed by atoms with Gasteiger partial charge in [-0.15, -0.1) is 0 Å². The van der Waals surface area contributed by atoms with Crippen molar-refractivity contribution < 1.29 is 28.3 Å². The van der Waals surface area contributed by atoms with Crippen LogP contribution in [0.15, 0.2) is 24.3 Å². The summed E-state index contributed by atoms with van der Waals surface area (Å²) in [7, 11) is -3.81. The van der Waals surface area contributed by atoms with Gasteiger partial charge in [0.25, 0.3) is 5.91 Å².